The Balaban J connectivity index is 2.09. The number of rotatable bonds is 5. The minimum atomic E-state index is -3.19. The first-order valence-electron chi connectivity index (χ1n) is 7.43. The summed E-state index contributed by atoms with van der Waals surface area (Å²) in [7, 11) is -3.19. The van der Waals surface area contributed by atoms with Crippen molar-refractivity contribution in [3.63, 3.8) is 0 Å². The van der Waals surface area contributed by atoms with Crippen molar-refractivity contribution in [2.45, 2.75) is 24.3 Å². The quantitative estimate of drug-likeness (QED) is 0.759. The van der Waals surface area contributed by atoms with Gasteiger partial charge < -0.3 is 10.6 Å². The molecule has 7 heteroatoms. The molecule has 2 aromatic carbocycles. The molecule has 0 unspecified atom stereocenters. The summed E-state index contributed by atoms with van der Waals surface area (Å²) < 4.78 is 23.1. The summed E-state index contributed by atoms with van der Waals surface area (Å²) >= 11 is 11.5. The van der Waals surface area contributed by atoms with Crippen LogP contribution < -0.4 is 10.6 Å². The maximum atomic E-state index is 11.5. The van der Waals surface area contributed by atoms with Crippen LogP contribution in [0.1, 0.15) is 24.9 Å². The van der Waals surface area contributed by atoms with E-state index in [9.17, 15) is 8.42 Å². The number of halogens is 1. The Morgan fingerprint density at radius 2 is 1.79 bits per heavy atom. The first-order chi connectivity index (χ1) is 11.3. The Bertz CT molecular complexity index is 821. The lowest BCUT2D eigenvalue weighted by molar-refractivity contribution is 0.601. The van der Waals surface area contributed by atoms with E-state index in [1.807, 2.05) is 25.1 Å². The highest BCUT2D eigenvalue weighted by molar-refractivity contribution is 7.90. The smallest absolute Gasteiger partial charge is 0.175 e. The van der Waals surface area contributed by atoms with E-state index in [-0.39, 0.29) is 6.04 Å². The summed E-state index contributed by atoms with van der Waals surface area (Å²) in [5.74, 6) is 0. The van der Waals surface area contributed by atoms with E-state index in [0.717, 1.165) is 17.7 Å². The van der Waals surface area contributed by atoms with Gasteiger partial charge in [-0.25, -0.2) is 8.42 Å². The fraction of sp³-hybridized carbons (Fsp3) is 0.235. The molecule has 0 saturated heterocycles. The summed E-state index contributed by atoms with van der Waals surface area (Å²) in [5, 5.41) is 7.35. The van der Waals surface area contributed by atoms with Gasteiger partial charge in [0.15, 0.2) is 14.9 Å². The third-order valence-corrected chi connectivity index (χ3v) is 5.22. The predicted octanol–water partition coefficient (Wildman–Crippen LogP) is 4.18. The molecule has 4 nitrogen and oxygen atoms in total. The Hall–Kier alpha value is -1.63. The van der Waals surface area contributed by atoms with Crippen LogP contribution in [0.15, 0.2) is 53.4 Å². The molecule has 0 aliphatic carbocycles. The highest BCUT2D eigenvalue weighted by atomic mass is 35.5. The summed E-state index contributed by atoms with van der Waals surface area (Å²) in [6.45, 7) is 2.03. The summed E-state index contributed by atoms with van der Waals surface area (Å²) in [6, 6.07) is 14.2. The van der Waals surface area contributed by atoms with Crippen molar-refractivity contribution in [1.29, 1.82) is 0 Å². The number of hydrogen-bond donors (Lipinski definition) is 2. The number of sulfone groups is 1. The van der Waals surface area contributed by atoms with E-state index in [4.69, 9.17) is 23.8 Å². The number of anilines is 1. The monoisotopic (exact) mass is 382 g/mol. The first kappa shape index (κ1) is 18.7. The molecule has 0 radical (unpaired) electrons. The number of benzene rings is 2. The van der Waals surface area contributed by atoms with E-state index < -0.39 is 9.84 Å². The third kappa shape index (κ3) is 4.93. The molecule has 0 bridgehead atoms. The molecule has 2 rings (SSSR count). The van der Waals surface area contributed by atoms with Crippen LogP contribution in [-0.2, 0) is 9.84 Å². The molecule has 1 atom stereocenters. The average Bonchev–Trinajstić information content (AvgIpc) is 2.54. The van der Waals surface area contributed by atoms with Crippen LogP contribution in [-0.4, -0.2) is 19.8 Å². The fourth-order valence-corrected chi connectivity index (χ4v) is 3.31. The largest absolute Gasteiger partial charge is 0.356 e. The van der Waals surface area contributed by atoms with Crippen molar-refractivity contribution in [2.24, 2.45) is 0 Å². The topological polar surface area (TPSA) is 58.2 Å². The molecule has 0 heterocycles. The van der Waals surface area contributed by atoms with Gasteiger partial charge in [-0.1, -0.05) is 42.8 Å². The molecule has 0 aliphatic heterocycles. The molecular weight excluding hydrogens is 364 g/mol. The lowest BCUT2D eigenvalue weighted by atomic mass is 10.1. The molecule has 128 valence electrons. The minimum absolute atomic E-state index is 0.0268. The van der Waals surface area contributed by atoms with Crippen molar-refractivity contribution in [2.75, 3.05) is 11.6 Å². The van der Waals surface area contributed by atoms with Gasteiger partial charge in [0.25, 0.3) is 0 Å². The summed E-state index contributed by atoms with van der Waals surface area (Å²) in [5.41, 5.74) is 1.70. The SMILES string of the molecule is CC[C@@H](NC(=S)Nc1ccccc1Cl)c1ccc(S(C)(=O)=O)cc1. The Labute approximate surface area is 153 Å². The molecule has 0 aromatic heterocycles. The Morgan fingerprint density at radius 3 is 2.33 bits per heavy atom. The zero-order valence-electron chi connectivity index (χ0n) is 13.4. The summed E-state index contributed by atoms with van der Waals surface area (Å²) in [6.07, 6.45) is 1.99. The van der Waals surface area contributed by atoms with Crippen LogP contribution in [0, 0.1) is 0 Å². The van der Waals surface area contributed by atoms with Gasteiger partial charge in [0.2, 0.25) is 0 Å². The molecule has 0 fully saturated rings. The van der Waals surface area contributed by atoms with Crippen LogP contribution in [0.25, 0.3) is 0 Å². The average molecular weight is 383 g/mol. The van der Waals surface area contributed by atoms with Gasteiger partial charge in [0, 0.05) is 6.26 Å². The molecule has 2 N–H and O–H groups in total. The van der Waals surface area contributed by atoms with Crippen molar-refractivity contribution in [3.8, 4) is 0 Å². The number of hydrogen-bond acceptors (Lipinski definition) is 3. The number of thiocarbonyl (C=S) groups is 1. The van der Waals surface area contributed by atoms with Gasteiger partial charge in [0.05, 0.1) is 21.6 Å². The second-order valence-corrected chi connectivity index (χ2v) is 8.21. The van der Waals surface area contributed by atoms with E-state index in [2.05, 4.69) is 10.6 Å². The van der Waals surface area contributed by atoms with E-state index in [1.54, 1.807) is 30.3 Å². The van der Waals surface area contributed by atoms with E-state index in [0.29, 0.717) is 15.0 Å². The highest BCUT2D eigenvalue weighted by Gasteiger charge is 2.13. The van der Waals surface area contributed by atoms with Crippen LogP contribution in [0.4, 0.5) is 5.69 Å². The maximum Gasteiger partial charge on any atom is 0.175 e. The van der Waals surface area contributed by atoms with Gasteiger partial charge in [0.1, 0.15) is 0 Å². The zero-order valence-corrected chi connectivity index (χ0v) is 15.8. The Morgan fingerprint density at radius 1 is 1.17 bits per heavy atom. The second kappa shape index (κ2) is 7.96. The Kier molecular flexibility index (Phi) is 6.21. The maximum absolute atomic E-state index is 11.5. The van der Waals surface area contributed by atoms with Crippen LogP contribution in [0.3, 0.4) is 0 Å². The molecule has 0 aliphatic rings. The molecular formula is C17H19ClN2O2S2. The number of para-hydroxylation sites is 1. The zero-order chi connectivity index (χ0) is 17.7. The standard InChI is InChI=1S/C17H19ClN2O2S2/c1-3-15(12-8-10-13(11-9-12)24(2,21)22)19-17(23)20-16-7-5-4-6-14(16)18/h4-11,15H,3H2,1-2H3,(H2,19,20,23)/t15-/m1/s1. The molecule has 0 saturated carbocycles. The lowest BCUT2D eigenvalue weighted by Crippen LogP contribution is -2.32. The van der Waals surface area contributed by atoms with Crippen molar-refractivity contribution in [1.82, 2.24) is 5.32 Å². The molecule has 0 amide bonds. The van der Waals surface area contributed by atoms with Gasteiger partial charge >= 0.3 is 0 Å². The normalized spacial score (nSPS) is 12.5. The van der Waals surface area contributed by atoms with Crippen molar-refractivity contribution >= 4 is 44.5 Å². The third-order valence-electron chi connectivity index (χ3n) is 3.55. The van der Waals surface area contributed by atoms with Gasteiger partial charge in [-0.05, 0) is 48.5 Å². The van der Waals surface area contributed by atoms with Crippen LogP contribution >= 0.6 is 23.8 Å². The number of nitrogens with one attached hydrogen (secondary N) is 2. The first-order valence-corrected chi connectivity index (χ1v) is 10.1. The van der Waals surface area contributed by atoms with Crippen molar-refractivity contribution in [3.05, 3.63) is 59.1 Å². The van der Waals surface area contributed by atoms with Crippen molar-refractivity contribution < 1.29 is 8.42 Å². The minimum Gasteiger partial charge on any atom is -0.356 e. The van der Waals surface area contributed by atoms with Crippen LogP contribution in [0.5, 0.6) is 0 Å². The fourth-order valence-electron chi connectivity index (χ4n) is 2.25. The summed E-state index contributed by atoms with van der Waals surface area (Å²) in [4.78, 5) is 0.304. The van der Waals surface area contributed by atoms with Gasteiger partial charge in [-0.15, -0.1) is 0 Å². The second-order valence-electron chi connectivity index (χ2n) is 5.38. The van der Waals surface area contributed by atoms with Gasteiger partial charge in [-0.2, -0.15) is 0 Å². The molecule has 0 spiro atoms. The molecule has 2 aromatic rings. The molecule has 24 heavy (non-hydrogen) atoms. The van der Waals surface area contributed by atoms with E-state index in [1.165, 1.54) is 6.26 Å². The van der Waals surface area contributed by atoms with Gasteiger partial charge in [-0.3, -0.25) is 0 Å². The van der Waals surface area contributed by atoms with E-state index >= 15 is 0 Å². The predicted molar refractivity (Wildman–Crippen MR) is 103 cm³/mol. The highest BCUT2D eigenvalue weighted by Crippen LogP contribution is 2.22. The van der Waals surface area contributed by atoms with Crippen LogP contribution in [0.2, 0.25) is 5.02 Å². The lowest BCUT2D eigenvalue weighted by Gasteiger charge is -2.20.